The van der Waals surface area contributed by atoms with Gasteiger partial charge in [-0.2, -0.15) is 5.10 Å². The summed E-state index contributed by atoms with van der Waals surface area (Å²) in [5.41, 5.74) is 3.44. The molecule has 2 aliphatic heterocycles. The number of aryl methyl sites for hydroxylation is 1. The van der Waals surface area contributed by atoms with Gasteiger partial charge in [-0.3, -0.25) is 9.48 Å². The third-order valence-electron chi connectivity index (χ3n) is 7.04. The second-order valence-electron chi connectivity index (χ2n) is 9.65. The zero-order valence-corrected chi connectivity index (χ0v) is 23.4. The first kappa shape index (κ1) is 24.7. The van der Waals surface area contributed by atoms with Crippen molar-refractivity contribution in [2.24, 2.45) is 7.05 Å². The molecule has 1 aromatic heterocycles. The Labute approximate surface area is 249 Å². The maximum atomic E-state index is 13.7. The van der Waals surface area contributed by atoms with E-state index in [-0.39, 0.29) is 32.5 Å². The predicted molar refractivity (Wildman–Crippen MR) is 156 cm³/mol. The molecule has 0 aliphatic carbocycles. The third kappa shape index (κ3) is 5.24. The number of hydrogen-bond donors (Lipinski definition) is 1. The van der Waals surface area contributed by atoms with E-state index < -0.39 is 25.1 Å². The van der Waals surface area contributed by atoms with Crippen LogP contribution < -0.4 is 9.64 Å². The lowest BCUT2D eigenvalue weighted by molar-refractivity contribution is 0.0516. The highest BCUT2D eigenvalue weighted by atomic mass is 35.5. The molecule has 0 spiro atoms. The average molecular weight is 595 g/mol. The van der Waals surface area contributed by atoms with Gasteiger partial charge in [0.2, 0.25) is 0 Å². The number of aromatic nitrogens is 2. The van der Waals surface area contributed by atoms with Gasteiger partial charge < -0.3 is 24.4 Å². The van der Waals surface area contributed by atoms with Crippen LogP contribution in [0.2, 0.25) is 10.0 Å². The summed E-state index contributed by atoms with van der Waals surface area (Å²) in [5.74, 6) is -1.51. The molecule has 4 aromatic rings. The number of rotatable bonds is 5. The lowest BCUT2D eigenvalue weighted by Crippen LogP contribution is -2.37. The summed E-state index contributed by atoms with van der Waals surface area (Å²) < 4.78 is 31.1. The van der Waals surface area contributed by atoms with Crippen molar-refractivity contribution in [3.8, 4) is 28.0 Å². The number of amides is 1. The van der Waals surface area contributed by atoms with E-state index in [2.05, 4.69) is 5.10 Å². The highest BCUT2D eigenvalue weighted by Gasteiger charge is 2.29. The number of carboxylic acids is 1. The van der Waals surface area contributed by atoms with Crippen LogP contribution in [0.1, 0.15) is 29.0 Å². The van der Waals surface area contributed by atoms with Gasteiger partial charge in [0.05, 0.1) is 55.5 Å². The topological polar surface area (TPSA) is 97.1 Å². The van der Waals surface area contributed by atoms with Gasteiger partial charge in [0, 0.05) is 43.0 Å². The fourth-order valence-corrected chi connectivity index (χ4v) is 5.67. The SMILES string of the molecule is [2H]C1([2H])c2cccc(-c3ccc(C(=O)O)c(N4CCOCC4)c3)c2OCN1C(=O)c1c(Cl)cc(-c2cnn(C)c2)cc1Cl. The summed E-state index contributed by atoms with van der Waals surface area (Å²) in [6, 6.07) is 13.2. The Kier molecular flexibility index (Phi) is 6.68. The van der Waals surface area contributed by atoms with Gasteiger partial charge in [-0.1, -0.05) is 47.5 Å². The number of halogens is 2. The highest BCUT2D eigenvalue weighted by Crippen LogP contribution is 2.40. The minimum Gasteiger partial charge on any atom is -0.478 e. The van der Waals surface area contributed by atoms with E-state index in [9.17, 15) is 14.7 Å². The number of hydrogen-bond acceptors (Lipinski definition) is 6. The van der Waals surface area contributed by atoms with Gasteiger partial charge in [-0.15, -0.1) is 0 Å². The number of morpholine rings is 1. The Morgan fingerprint density at radius 2 is 1.78 bits per heavy atom. The lowest BCUT2D eigenvalue weighted by Gasteiger charge is -2.32. The molecular weight excluding hydrogens is 567 g/mol. The molecule has 41 heavy (non-hydrogen) atoms. The van der Waals surface area contributed by atoms with Gasteiger partial charge in [0.15, 0.2) is 6.73 Å². The Morgan fingerprint density at radius 3 is 2.46 bits per heavy atom. The normalized spacial score (nSPS) is 16.9. The molecule has 11 heteroatoms. The number of fused-ring (bicyclic) bond motifs is 1. The smallest absolute Gasteiger partial charge is 0.337 e. The summed E-state index contributed by atoms with van der Waals surface area (Å²) in [7, 11) is 1.78. The van der Waals surface area contributed by atoms with E-state index in [0.717, 1.165) is 10.5 Å². The zero-order valence-electron chi connectivity index (χ0n) is 23.9. The number of benzene rings is 3. The Hall–Kier alpha value is -4.05. The quantitative estimate of drug-likeness (QED) is 0.322. The van der Waals surface area contributed by atoms with Crippen LogP contribution in [0.5, 0.6) is 5.75 Å². The van der Waals surface area contributed by atoms with E-state index in [0.29, 0.717) is 48.7 Å². The molecule has 3 heterocycles. The minimum absolute atomic E-state index is 0.0394. The molecule has 1 fully saturated rings. The Bertz CT molecular complexity index is 1730. The van der Waals surface area contributed by atoms with Crippen molar-refractivity contribution in [2.75, 3.05) is 37.9 Å². The van der Waals surface area contributed by atoms with Crippen LogP contribution in [-0.2, 0) is 18.3 Å². The van der Waals surface area contributed by atoms with Crippen molar-refractivity contribution in [1.82, 2.24) is 14.7 Å². The summed E-state index contributed by atoms with van der Waals surface area (Å²) in [6.45, 7) is -0.642. The second kappa shape index (κ2) is 11.1. The van der Waals surface area contributed by atoms with E-state index in [1.807, 2.05) is 4.90 Å². The fraction of sp³-hybridized carbons (Fsp3) is 0.233. The van der Waals surface area contributed by atoms with Crippen LogP contribution in [0.4, 0.5) is 5.69 Å². The number of ether oxygens (including phenoxy) is 2. The third-order valence-corrected chi connectivity index (χ3v) is 7.63. The van der Waals surface area contributed by atoms with Crippen molar-refractivity contribution in [3.63, 3.8) is 0 Å². The molecular formula is C30H26Cl2N4O5. The molecule has 3 aromatic carbocycles. The average Bonchev–Trinajstić information content (AvgIpc) is 3.42. The molecule has 2 aliphatic rings. The molecule has 1 N–H and O–H groups in total. The molecule has 9 nitrogen and oxygen atoms in total. The summed E-state index contributed by atoms with van der Waals surface area (Å²) in [6.07, 6.45) is 3.43. The number of carbonyl (C=O) groups excluding carboxylic acids is 1. The van der Waals surface area contributed by atoms with E-state index in [1.54, 1.807) is 66.6 Å². The summed E-state index contributed by atoms with van der Waals surface area (Å²) >= 11 is 13.1. The van der Waals surface area contributed by atoms with Crippen molar-refractivity contribution >= 4 is 40.8 Å². The molecule has 0 bridgehead atoms. The van der Waals surface area contributed by atoms with Gasteiger partial charge in [-0.25, -0.2) is 4.79 Å². The number of para-hydroxylation sites is 1. The largest absolute Gasteiger partial charge is 0.478 e. The number of anilines is 1. The first-order valence-corrected chi connectivity index (χ1v) is 13.6. The van der Waals surface area contributed by atoms with Crippen LogP contribution in [0.15, 0.2) is 60.9 Å². The fourth-order valence-electron chi connectivity index (χ4n) is 5.02. The maximum absolute atomic E-state index is 13.7. The van der Waals surface area contributed by atoms with Gasteiger partial charge in [0.25, 0.3) is 5.91 Å². The first-order valence-electron chi connectivity index (χ1n) is 13.8. The monoisotopic (exact) mass is 594 g/mol. The van der Waals surface area contributed by atoms with E-state index in [1.165, 1.54) is 6.07 Å². The van der Waals surface area contributed by atoms with Crippen LogP contribution >= 0.6 is 23.2 Å². The van der Waals surface area contributed by atoms with Crippen molar-refractivity contribution in [3.05, 3.63) is 87.7 Å². The van der Waals surface area contributed by atoms with Crippen molar-refractivity contribution < 1.29 is 26.9 Å². The van der Waals surface area contributed by atoms with Gasteiger partial charge in [0.1, 0.15) is 5.75 Å². The van der Waals surface area contributed by atoms with Crippen molar-refractivity contribution in [2.45, 2.75) is 6.50 Å². The molecule has 0 radical (unpaired) electrons. The zero-order chi connectivity index (χ0) is 30.5. The predicted octanol–water partition coefficient (Wildman–Crippen LogP) is 5.59. The molecule has 210 valence electrons. The van der Waals surface area contributed by atoms with Crippen LogP contribution in [0.3, 0.4) is 0 Å². The Morgan fingerprint density at radius 1 is 1.02 bits per heavy atom. The number of carboxylic acid groups (broad SMARTS) is 1. The van der Waals surface area contributed by atoms with E-state index in [4.69, 9.17) is 35.4 Å². The molecule has 6 rings (SSSR count). The van der Waals surface area contributed by atoms with Gasteiger partial charge >= 0.3 is 5.97 Å². The van der Waals surface area contributed by atoms with Crippen LogP contribution in [0.25, 0.3) is 22.3 Å². The molecule has 1 amide bonds. The first-order chi connectivity index (χ1) is 20.6. The molecule has 0 unspecified atom stereocenters. The second-order valence-corrected chi connectivity index (χ2v) is 10.5. The summed E-state index contributed by atoms with van der Waals surface area (Å²) in [5, 5.41) is 14.1. The number of carbonyl (C=O) groups is 2. The maximum Gasteiger partial charge on any atom is 0.337 e. The van der Waals surface area contributed by atoms with Gasteiger partial charge in [-0.05, 0) is 35.4 Å². The minimum atomic E-state index is -2.29. The highest BCUT2D eigenvalue weighted by molar-refractivity contribution is 6.40. The van der Waals surface area contributed by atoms with Crippen molar-refractivity contribution in [1.29, 1.82) is 0 Å². The Balaban J connectivity index is 1.35. The van der Waals surface area contributed by atoms with Crippen LogP contribution in [-0.4, -0.2) is 64.7 Å². The number of nitrogens with zero attached hydrogens (tertiary/aromatic N) is 4. The standard InChI is InChI=1S/C30H26Cl2N4O5/c1-34-15-21(14-33-34)20-11-24(31)27(25(32)12-20)29(37)36-16-19-3-2-4-22(28(19)41-17-36)18-5-6-23(30(38)39)26(13-18)35-7-9-40-10-8-35/h2-6,11-15H,7-10,16-17H2,1H3,(H,38,39)/i16D2. The lowest BCUT2D eigenvalue weighted by atomic mass is 9.97. The van der Waals surface area contributed by atoms with Crippen LogP contribution in [0, 0.1) is 0 Å². The molecule has 0 saturated carbocycles. The summed E-state index contributed by atoms with van der Waals surface area (Å²) in [4.78, 5) is 28.6. The molecule has 0 atom stereocenters. The number of aromatic carboxylic acids is 1. The molecule has 1 saturated heterocycles. The van der Waals surface area contributed by atoms with E-state index >= 15 is 0 Å².